The molecular formula is C33H36Cl3N3O12S3. The van der Waals surface area contributed by atoms with E-state index in [9.17, 15) is 28.8 Å². The normalized spacial score (nSPS) is 22.8. The van der Waals surface area contributed by atoms with Gasteiger partial charge in [0.15, 0.2) is 16.6 Å². The summed E-state index contributed by atoms with van der Waals surface area (Å²) >= 11 is 20.8. The van der Waals surface area contributed by atoms with Crippen LogP contribution in [0.4, 0.5) is 0 Å². The molecule has 0 aromatic carbocycles. The molecule has 3 amide bonds. The number of rotatable bonds is 9. The van der Waals surface area contributed by atoms with Crippen molar-refractivity contribution in [3.8, 4) is 0 Å². The van der Waals surface area contributed by atoms with Crippen LogP contribution in [0.5, 0.6) is 0 Å². The van der Waals surface area contributed by atoms with Gasteiger partial charge in [0.05, 0.1) is 68.8 Å². The summed E-state index contributed by atoms with van der Waals surface area (Å²) in [5.41, 5.74) is -3.24. The lowest BCUT2D eigenvalue weighted by Gasteiger charge is -2.25. The molecule has 3 aliphatic rings. The van der Waals surface area contributed by atoms with Crippen LogP contribution >= 0.6 is 68.8 Å². The summed E-state index contributed by atoms with van der Waals surface area (Å²) in [6, 6.07) is 9.75. The van der Waals surface area contributed by atoms with E-state index in [1.165, 1.54) is 21.3 Å². The first-order chi connectivity index (χ1) is 25.7. The molecule has 3 aromatic heterocycles. The summed E-state index contributed by atoms with van der Waals surface area (Å²) in [5.74, 6) is -2.50. The summed E-state index contributed by atoms with van der Waals surface area (Å²) < 4.78 is 31.3. The number of ether oxygens (including phenoxy) is 6. The number of thiophene rings is 3. The fourth-order valence-electron chi connectivity index (χ4n) is 5.36. The highest BCUT2D eigenvalue weighted by Crippen LogP contribution is 2.27. The van der Waals surface area contributed by atoms with Gasteiger partial charge in [-0.05, 0) is 36.4 Å². The molecule has 54 heavy (non-hydrogen) atoms. The third-order valence-electron chi connectivity index (χ3n) is 8.24. The molecule has 0 radical (unpaired) electrons. The Labute approximate surface area is 336 Å². The molecule has 21 heteroatoms. The molecule has 294 valence electrons. The predicted octanol–water partition coefficient (Wildman–Crippen LogP) is 4.39. The Bertz CT molecular complexity index is 1610. The van der Waals surface area contributed by atoms with Gasteiger partial charge < -0.3 is 44.4 Å². The summed E-state index contributed by atoms with van der Waals surface area (Å²) in [5, 5.41) is 8.06. The van der Waals surface area contributed by atoms with Gasteiger partial charge >= 0.3 is 17.9 Å². The van der Waals surface area contributed by atoms with Gasteiger partial charge in [-0.25, -0.2) is 14.4 Å². The van der Waals surface area contributed by atoms with Crippen molar-refractivity contribution in [3.63, 3.8) is 0 Å². The smallest absolute Gasteiger partial charge is 0.334 e. The Morgan fingerprint density at radius 3 is 0.944 bits per heavy atom. The number of amides is 3. The van der Waals surface area contributed by atoms with Crippen molar-refractivity contribution in [2.45, 2.75) is 35.9 Å². The molecule has 0 spiro atoms. The number of methoxy groups -OCH3 is 3. The Morgan fingerprint density at radius 1 is 0.519 bits per heavy atom. The van der Waals surface area contributed by atoms with Crippen molar-refractivity contribution in [1.82, 2.24) is 16.0 Å². The van der Waals surface area contributed by atoms with Gasteiger partial charge in [-0.15, -0.1) is 34.0 Å². The lowest BCUT2D eigenvalue weighted by atomic mass is 9.99. The van der Waals surface area contributed by atoms with E-state index >= 15 is 0 Å². The van der Waals surface area contributed by atoms with Crippen molar-refractivity contribution in [3.05, 3.63) is 64.0 Å². The van der Waals surface area contributed by atoms with Crippen molar-refractivity contribution in [2.24, 2.45) is 0 Å². The monoisotopic (exact) mass is 867 g/mol. The molecule has 15 nitrogen and oxygen atoms in total. The predicted molar refractivity (Wildman–Crippen MR) is 201 cm³/mol. The molecule has 3 N–H and O–H groups in total. The highest BCUT2D eigenvalue weighted by molar-refractivity contribution is 7.18. The van der Waals surface area contributed by atoms with Crippen LogP contribution in [0.2, 0.25) is 13.0 Å². The molecule has 6 rings (SSSR count). The topological polar surface area (TPSA) is 194 Å². The molecule has 3 saturated heterocycles. The van der Waals surface area contributed by atoms with Crippen LogP contribution < -0.4 is 16.0 Å². The van der Waals surface area contributed by atoms with Crippen molar-refractivity contribution in [1.29, 1.82) is 0 Å². The van der Waals surface area contributed by atoms with E-state index in [4.69, 9.17) is 63.2 Å². The zero-order valence-corrected chi connectivity index (χ0v) is 33.8. The van der Waals surface area contributed by atoms with E-state index in [2.05, 4.69) is 16.0 Å². The maximum atomic E-state index is 12.0. The number of halogens is 3. The summed E-state index contributed by atoms with van der Waals surface area (Å²) in [4.78, 5) is 72.7. The second-order valence-electron chi connectivity index (χ2n) is 11.8. The van der Waals surface area contributed by atoms with Crippen LogP contribution in [0, 0.1) is 0 Å². The highest BCUT2D eigenvalue weighted by atomic mass is 35.5. The first kappa shape index (κ1) is 43.4. The third kappa shape index (κ3) is 10.7. The lowest BCUT2D eigenvalue weighted by molar-refractivity contribution is -0.148. The second kappa shape index (κ2) is 19.5. The van der Waals surface area contributed by atoms with Gasteiger partial charge in [0.25, 0.3) is 17.7 Å². The van der Waals surface area contributed by atoms with Gasteiger partial charge in [0, 0.05) is 39.1 Å². The zero-order valence-electron chi connectivity index (χ0n) is 29.1. The molecular weight excluding hydrogens is 833 g/mol. The van der Waals surface area contributed by atoms with Crippen LogP contribution in [0.15, 0.2) is 36.4 Å². The van der Waals surface area contributed by atoms with Crippen molar-refractivity contribution >= 4 is 104 Å². The number of nitrogens with one attached hydrogen (secondary N) is 3. The number of hydrogen-bond acceptors (Lipinski definition) is 15. The summed E-state index contributed by atoms with van der Waals surface area (Å²) in [7, 11) is 3.86. The molecule has 0 unspecified atom stereocenters. The van der Waals surface area contributed by atoms with Gasteiger partial charge in [-0.2, -0.15) is 0 Å². The summed E-state index contributed by atoms with van der Waals surface area (Å²) in [6.07, 6.45) is 1.22. The van der Waals surface area contributed by atoms with E-state index < -0.39 is 34.5 Å². The molecule has 3 aliphatic heterocycles. The minimum absolute atomic E-state index is 0.129. The zero-order chi connectivity index (χ0) is 39.5. The number of carbonyl (C=O) groups excluding carboxylic acids is 6. The first-order valence-electron chi connectivity index (χ1n) is 15.9. The second-order valence-corrected chi connectivity index (χ2v) is 16.9. The summed E-state index contributed by atoms with van der Waals surface area (Å²) in [6.45, 7) is 1.64. The molecule has 3 fully saturated rings. The van der Waals surface area contributed by atoms with Crippen LogP contribution in [0.3, 0.4) is 0 Å². The minimum atomic E-state index is -1.08. The number of hydrogen-bond donors (Lipinski definition) is 3. The Kier molecular flexibility index (Phi) is 15.7. The maximum Gasteiger partial charge on any atom is 0.334 e. The van der Waals surface area contributed by atoms with Crippen LogP contribution in [-0.2, 0) is 42.8 Å². The van der Waals surface area contributed by atoms with E-state index in [-0.39, 0.29) is 37.5 Å². The fourth-order valence-corrected chi connectivity index (χ4v) is 8.17. The van der Waals surface area contributed by atoms with Crippen molar-refractivity contribution in [2.75, 3.05) is 61.0 Å². The van der Waals surface area contributed by atoms with Gasteiger partial charge in [-0.3, -0.25) is 14.4 Å². The average Bonchev–Trinajstić information content (AvgIpc) is 4.01. The molecule has 3 atom stereocenters. The Hall–Kier alpha value is -3.33. The van der Waals surface area contributed by atoms with E-state index in [0.717, 1.165) is 34.0 Å². The van der Waals surface area contributed by atoms with Gasteiger partial charge in [-0.1, -0.05) is 34.8 Å². The maximum absolute atomic E-state index is 12.0. The van der Waals surface area contributed by atoms with Crippen LogP contribution in [0.1, 0.15) is 48.3 Å². The van der Waals surface area contributed by atoms with Crippen molar-refractivity contribution < 1.29 is 57.2 Å². The Balaban J connectivity index is 0.000000180. The molecule has 0 saturated carbocycles. The number of esters is 3. The SMILES string of the molecule is COC(=O)[C@]1(NC(=O)c2ccc(Cl)s2)CCOC1.COC(=O)[C@]1(NC(=O)c2ccc(Cl)s2)CCOC1.COC(=O)[C@]1(NC(=O)c2ccc(Cl)s2)CCOC1. The highest BCUT2D eigenvalue weighted by Gasteiger charge is 2.47. The lowest BCUT2D eigenvalue weighted by Crippen LogP contribution is -2.55. The standard InChI is InChI=1S/3C11H12ClNO4S/c3*1-16-10(15)11(4-5-17-6-11)13-9(14)7-2-3-8(12)18-7/h3*2-3H,4-6H2,1H3,(H,13,14)/t3*11-/m000/s1. The molecule has 0 aliphatic carbocycles. The average molecular weight is 869 g/mol. The van der Waals surface area contributed by atoms with Crippen LogP contribution in [0.25, 0.3) is 0 Å². The Morgan fingerprint density at radius 2 is 0.778 bits per heavy atom. The molecule has 3 aromatic rings. The van der Waals surface area contributed by atoms with Crippen LogP contribution in [-0.4, -0.2) is 113 Å². The number of carbonyl (C=O) groups is 6. The van der Waals surface area contributed by atoms with E-state index in [1.54, 1.807) is 36.4 Å². The largest absolute Gasteiger partial charge is 0.467 e. The quantitative estimate of drug-likeness (QED) is 0.203. The first-order valence-corrected chi connectivity index (χ1v) is 19.5. The van der Waals surface area contributed by atoms with E-state index in [0.29, 0.717) is 66.7 Å². The van der Waals surface area contributed by atoms with E-state index in [1.807, 2.05) is 0 Å². The van der Waals surface area contributed by atoms with Gasteiger partial charge in [0.1, 0.15) is 0 Å². The third-order valence-corrected chi connectivity index (χ3v) is 11.9. The molecule has 6 heterocycles. The molecule has 0 bridgehead atoms. The fraction of sp³-hybridized carbons (Fsp3) is 0.455. The van der Waals surface area contributed by atoms with Gasteiger partial charge in [0.2, 0.25) is 0 Å². The minimum Gasteiger partial charge on any atom is -0.467 e.